The molecule has 3 rings (SSSR count). The van der Waals surface area contributed by atoms with Crippen molar-refractivity contribution in [3.05, 3.63) is 24.3 Å². The number of carbonyl (C=O) groups excluding carboxylic acids is 1. The lowest BCUT2D eigenvalue weighted by Gasteiger charge is -2.42. The van der Waals surface area contributed by atoms with Crippen LogP contribution in [-0.4, -0.2) is 91.1 Å². The lowest BCUT2D eigenvalue weighted by molar-refractivity contribution is -0.129. The highest BCUT2D eigenvalue weighted by atomic mass is 16.5. The molecule has 0 bridgehead atoms. The van der Waals surface area contributed by atoms with Gasteiger partial charge in [0.1, 0.15) is 5.75 Å². The summed E-state index contributed by atoms with van der Waals surface area (Å²) in [5, 5.41) is 20.8. The second-order valence-electron chi connectivity index (χ2n) is 8.16. The number of piperidine rings is 1. The molecule has 1 amide bonds. The summed E-state index contributed by atoms with van der Waals surface area (Å²) in [5.74, 6) is 0.922. The molecule has 0 spiro atoms. The zero-order valence-corrected chi connectivity index (χ0v) is 17.0. The third kappa shape index (κ3) is 5.16. The number of carbonyl (C=O) groups is 1. The minimum Gasteiger partial charge on any atom is -0.497 e. The van der Waals surface area contributed by atoms with E-state index >= 15 is 0 Å². The SMILES string of the molecule is COc1cccc(N2CCC(O)(CN3CCN(C(C)=O)CC(CO)C3)CC2)c1. The van der Waals surface area contributed by atoms with Crippen LogP contribution in [0.15, 0.2) is 24.3 Å². The first-order chi connectivity index (χ1) is 13.4. The van der Waals surface area contributed by atoms with Crippen molar-refractivity contribution >= 4 is 11.6 Å². The van der Waals surface area contributed by atoms with E-state index in [1.54, 1.807) is 18.9 Å². The lowest BCUT2D eigenvalue weighted by atomic mass is 9.90. The molecule has 2 N–H and O–H groups in total. The highest BCUT2D eigenvalue weighted by molar-refractivity contribution is 5.73. The first-order valence-electron chi connectivity index (χ1n) is 10.1. The van der Waals surface area contributed by atoms with Crippen molar-refractivity contribution < 1.29 is 19.7 Å². The van der Waals surface area contributed by atoms with E-state index in [2.05, 4.69) is 15.9 Å². The molecule has 1 aromatic carbocycles. The van der Waals surface area contributed by atoms with E-state index in [9.17, 15) is 15.0 Å². The second-order valence-corrected chi connectivity index (χ2v) is 8.16. The second kappa shape index (κ2) is 9.11. The Kier molecular flexibility index (Phi) is 6.80. The number of benzene rings is 1. The minimum atomic E-state index is -0.735. The van der Waals surface area contributed by atoms with Crippen LogP contribution in [-0.2, 0) is 4.79 Å². The number of ether oxygens (including phenoxy) is 1. The van der Waals surface area contributed by atoms with Crippen LogP contribution >= 0.6 is 0 Å². The van der Waals surface area contributed by atoms with Gasteiger partial charge in [-0.3, -0.25) is 9.69 Å². The maximum Gasteiger partial charge on any atom is 0.219 e. The van der Waals surface area contributed by atoms with Crippen molar-refractivity contribution in [2.24, 2.45) is 5.92 Å². The van der Waals surface area contributed by atoms with Crippen molar-refractivity contribution in [2.75, 3.05) is 64.4 Å². The Labute approximate surface area is 167 Å². The number of aliphatic hydroxyl groups excluding tert-OH is 1. The fraction of sp³-hybridized carbons (Fsp3) is 0.667. The topological polar surface area (TPSA) is 76.5 Å². The number of nitrogens with zero attached hydrogens (tertiary/aromatic N) is 3. The van der Waals surface area contributed by atoms with Gasteiger partial charge in [-0.25, -0.2) is 0 Å². The molecule has 28 heavy (non-hydrogen) atoms. The number of hydrogen-bond acceptors (Lipinski definition) is 6. The summed E-state index contributed by atoms with van der Waals surface area (Å²) in [5.41, 5.74) is 0.384. The molecule has 7 heteroatoms. The number of rotatable bonds is 5. The van der Waals surface area contributed by atoms with Gasteiger partial charge >= 0.3 is 0 Å². The largest absolute Gasteiger partial charge is 0.497 e. The van der Waals surface area contributed by atoms with Gasteiger partial charge in [0.25, 0.3) is 0 Å². The number of anilines is 1. The summed E-state index contributed by atoms with van der Waals surface area (Å²) in [6.07, 6.45) is 1.39. The molecular weight excluding hydrogens is 358 g/mol. The van der Waals surface area contributed by atoms with Gasteiger partial charge in [0, 0.05) is 77.0 Å². The van der Waals surface area contributed by atoms with Gasteiger partial charge in [-0.2, -0.15) is 0 Å². The summed E-state index contributed by atoms with van der Waals surface area (Å²) in [6, 6.07) is 8.03. The van der Waals surface area contributed by atoms with E-state index in [0.29, 0.717) is 39.0 Å². The fourth-order valence-corrected chi connectivity index (χ4v) is 4.29. The predicted octanol–water partition coefficient (Wildman–Crippen LogP) is 0.799. The predicted molar refractivity (Wildman–Crippen MR) is 109 cm³/mol. The van der Waals surface area contributed by atoms with Crippen LogP contribution in [0.25, 0.3) is 0 Å². The molecule has 2 heterocycles. The molecule has 0 aliphatic carbocycles. The van der Waals surface area contributed by atoms with Crippen LogP contribution < -0.4 is 9.64 Å². The molecule has 2 aliphatic rings. The molecule has 2 saturated heterocycles. The maximum atomic E-state index is 11.8. The van der Waals surface area contributed by atoms with Gasteiger partial charge in [0.05, 0.1) is 12.7 Å². The van der Waals surface area contributed by atoms with Gasteiger partial charge in [0.2, 0.25) is 5.91 Å². The lowest BCUT2D eigenvalue weighted by Crippen LogP contribution is -2.52. The molecule has 2 fully saturated rings. The molecule has 2 aliphatic heterocycles. The summed E-state index contributed by atoms with van der Waals surface area (Å²) in [6.45, 7) is 6.48. The van der Waals surface area contributed by atoms with Gasteiger partial charge in [-0.15, -0.1) is 0 Å². The van der Waals surface area contributed by atoms with Crippen molar-refractivity contribution in [1.29, 1.82) is 0 Å². The van der Waals surface area contributed by atoms with E-state index in [4.69, 9.17) is 4.74 Å². The standard InChI is InChI=1S/C21H33N3O4/c1-17(26)24-11-10-22(13-18(14-24)15-25)16-21(27)6-8-23(9-7-21)19-4-3-5-20(12-19)28-2/h3-5,12,18,25,27H,6-11,13-16H2,1-2H3. The van der Waals surface area contributed by atoms with Crippen molar-refractivity contribution in [3.63, 3.8) is 0 Å². The maximum absolute atomic E-state index is 11.8. The van der Waals surface area contributed by atoms with Crippen LogP contribution in [0.4, 0.5) is 5.69 Å². The van der Waals surface area contributed by atoms with Crippen molar-refractivity contribution in [1.82, 2.24) is 9.80 Å². The van der Waals surface area contributed by atoms with E-state index in [0.717, 1.165) is 31.1 Å². The molecule has 1 aromatic rings. The Morgan fingerprint density at radius 2 is 1.96 bits per heavy atom. The first kappa shape index (κ1) is 20.9. The third-order valence-corrected chi connectivity index (χ3v) is 6.02. The summed E-state index contributed by atoms with van der Waals surface area (Å²) < 4.78 is 5.31. The van der Waals surface area contributed by atoms with Gasteiger partial charge < -0.3 is 24.7 Å². The fourth-order valence-electron chi connectivity index (χ4n) is 4.29. The molecule has 0 saturated carbocycles. The van der Waals surface area contributed by atoms with Crippen LogP contribution in [0.2, 0.25) is 0 Å². The molecule has 7 nitrogen and oxygen atoms in total. The normalized spacial score (nSPS) is 23.4. The van der Waals surface area contributed by atoms with E-state index < -0.39 is 5.60 Å². The van der Waals surface area contributed by atoms with Crippen LogP contribution in [0.3, 0.4) is 0 Å². The number of amides is 1. The number of methoxy groups -OCH3 is 1. The number of hydrogen-bond donors (Lipinski definition) is 2. The Balaban J connectivity index is 1.58. The summed E-state index contributed by atoms with van der Waals surface area (Å²) in [4.78, 5) is 18.1. The molecule has 156 valence electrons. The van der Waals surface area contributed by atoms with Gasteiger partial charge in [-0.05, 0) is 25.0 Å². The highest BCUT2D eigenvalue weighted by Gasteiger charge is 2.35. The van der Waals surface area contributed by atoms with Gasteiger partial charge in [-0.1, -0.05) is 6.07 Å². The Bertz CT molecular complexity index is 661. The quantitative estimate of drug-likeness (QED) is 0.773. The molecule has 0 radical (unpaired) electrons. The van der Waals surface area contributed by atoms with Crippen molar-refractivity contribution in [2.45, 2.75) is 25.4 Å². The molecule has 0 aromatic heterocycles. The number of aliphatic hydroxyl groups is 2. The summed E-state index contributed by atoms with van der Waals surface area (Å²) in [7, 11) is 1.67. The van der Waals surface area contributed by atoms with Crippen molar-refractivity contribution in [3.8, 4) is 5.75 Å². The Hall–Kier alpha value is -1.83. The summed E-state index contributed by atoms with van der Waals surface area (Å²) >= 11 is 0. The third-order valence-electron chi connectivity index (χ3n) is 6.02. The Morgan fingerprint density at radius 1 is 1.21 bits per heavy atom. The number of β-amino-alcohol motifs (C(OH)–C–C–N with tert-alkyl or cyclic N) is 1. The zero-order valence-electron chi connectivity index (χ0n) is 17.0. The molecule has 1 atom stereocenters. The average molecular weight is 392 g/mol. The first-order valence-corrected chi connectivity index (χ1v) is 10.1. The molecular formula is C21H33N3O4. The monoisotopic (exact) mass is 391 g/mol. The van der Waals surface area contributed by atoms with Crippen LogP contribution in [0, 0.1) is 5.92 Å². The van der Waals surface area contributed by atoms with Gasteiger partial charge in [0.15, 0.2) is 0 Å². The smallest absolute Gasteiger partial charge is 0.219 e. The van der Waals surface area contributed by atoms with Crippen LogP contribution in [0.1, 0.15) is 19.8 Å². The Morgan fingerprint density at radius 3 is 2.61 bits per heavy atom. The minimum absolute atomic E-state index is 0.0341. The van der Waals surface area contributed by atoms with Crippen LogP contribution in [0.5, 0.6) is 5.75 Å². The van der Waals surface area contributed by atoms with E-state index in [-0.39, 0.29) is 18.4 Å². The molecule has 1 unspecified atom stereocenters. The average Bonchev–Trinajstić information content (AvgIpc) is 2.90. The van der Waals surface area contributed by atoms with E-state index in [1.807, 2.05) is 18.2 Å². The van der Waals surface area contributed by atoms with E-state index in [1.165, 1.54) is 0 Å². The zero-order chi connectivity index (χ0) is 20.1. The highest BCUT2D eigenvalue weighted by Crippen LogP contribution is 2.29.